The molecule has 0 bridgehead atoms. The number of ether oxygens (including phenoxy) is 1. The highest BCUT2D eigenvalue weighted by molar-refractivity contribution is 6.32. The van der Waals surface area contributed by atoms with E-state index in [4.69, 9.17) is 22.1 Å². The molecule has 31 heavy (non-hydrogen) atoms. The Balaban J connectivity index is 1.87. The number of anilines is 1. The number of nitrogens with two attached hydrogens (primary N) is 1. The number of nitriles is 1. The Labute approximate surface area is 185 Å². The Kier molecular flexibility index (Phi) is 5.34. The molecule has 9 heteroatoms. The van der Waals surface area contributed by atoms with Crippen molar-refractivity contribution in [3.8, 4) is 23.8 Å². The van der Waals surface area contributed by atoms with Gasteiger partial charge in [0, 0.05) is 36.2 Å². The second-order valence-corrected chi connectivity index (χ2v) is 7.92. The highest BCUT2D eigenvalue weighted by Gasteiger charge is 2.34. The molecule has 2 aromatic heterocycles. The zero-order chi connectivity index (χ0) is 22.3. The van der Waals surface area contributed by atoms with E-state index in [2.05, 4.69) is 33.1 Å². The van der Waals surface area contributed by atoms with Crippen LogP contribution in [0.3, 0.4) is 0 Å². The van der Waals surface area contributed by atoms with Crippen LogP contribution >= 0.6 is 11.6 Å². The first-order chi connectivity index (χ1) is 14.9. The van der Waals surface area contributed by atoms with Crippen molar-refractivity contribution in [2.24, 2.45) is 0 Å². The van der Waals surface area contributed by atoms with Crippen molar-refractivity contribution in [2.45, 2.75) is 32.7 Å². The van der Waals surface area contributed by atoms with Crippen LogP contribution in [0.1, 0.15) is 48.2 Å². The Morgan fingerprint density at radius 1 is 1.35 bits per heavy atom. The maximum absolute atomic E-state index is 9.80. The van der Waals surface area contributed by atoms with Gasteiger partial charge in [0.05, 0.1) is 34.8 Å². The van der Waals surface area contributed by atoms with Gasteiger partial charge in [0.15, 0.2) is 5.65 Å². The minimum Gasteiger partial charge on any atom is -0.496 e. The van der Waals surface area contributed by atoms with Crippen LogP contribution in [0.25, 0.3) is 11.0 Å². The van der Waals surface area contributed by atoms with Crippen molar-refractivity contribution in [3.05, 3.63) is 39.8 Å². The maximum Gasteiger partial charge on any atom is 0.164 e. The van der Waals surface area contributed by atoms with Gasteiger partial charge in [-0.05, 0) is 26.8 Å². The first-order valence-corrected chi connectivity index (χ1v) is 10.2. The number of hydrogen-bond acceptors (Lipinski definition) is 7. The molecule has 8 nitrogen and oxygen atoms in total. The summed E-state index contributed by atoms with van der Waals surface area (Å²) in [5, 5.41) is 15.6. The smallest absolute Gasteiger partial charge is 0.164 e. The molecule has 0 radical (unpaired) electrons. The molecule has 0 aliphatic carbocycles. The fraction of sp³-hybridized carbons (Fsp3) is 0.364. The minimum absolute atomic E-state index is 0.101. The van der Waals surface area contributed by atoms with Gasteiger partial charge in [-0.2, -0.15) is 10.4 Å². The summed E-state index contributed by atoms with van der Waals surface area (Å²) in [6.45, 7) is 7.10. The molecular weight excluding hydrogens is 414 g/mol. The second kappa shape index (κ2) is 7.98. The van der Waals surface area contributed by atoms with Crippen molar-refractivity contribution in [1.82, 2.24) is 24.6 Å². The largest absolute Gasteiger partial charge is 0.496 e. The van der Waals surface area contributed by atoms with Crippen molar-refractivity contribution < 1.29 is 4.74 Å². The number of benzene rings is 1. The van der Waals surface area contributed by atoms with Crippen molar-refractivity contribution in [2.75, 3.05) is 25.9 Å². The minimum atomic E-state index is -0.268. The third-order valence-electron chi connectivity index (χ3n) is 5.68. The van der Waals surface area contributed by atoms with E-state index in [9.17, 15) is 5.26 Å². The molecule has 1 atom stereocenters. The van der Waals surface area contributed by atoms with Crippen LogP contribution in [0.15, 0.2) is 12.4 Å². The molecule has 1 aliphatic rings. The van der Waals surface area contributed by atoms with Gasteiger partial charge in [-0.1, -0.05) is 17.5 Å². The second-order valence-electron chi connectivity index (χ2n) is 7.51. The van der Waals surface area contributed by atoms with Crippen molar-refractivity contribution >= 4 is 28.5 Å². The van der Waals surface area contributed by atoms with Crippen LogP contribution in [0, 0.1) is 30.2 Å². The van der Waals surface area contributed by atoms with E-state index in [1.807, 2.05) is 18.7 Å². The van der Waals surface area contributed by atoms with E-state index in [-0.39, 0.29) is 12.0 Å². The molecule has 3 heterocycles. The van der Waals surface area contributed by atoms with Gasteiger partial charge < -0.3 is 15.4 Å². The Hall–Kier alpha value is -3.49. The van der Waals surface area contributed by atoms with E-state index in [0.29, 0.717) is 40.9 Å². The molecule has 1 aliphatic heterocycles. The predicted octanol–water partition coefficient (Wildman–Crippen LogP) is 3.24. The standard InChI is InChI=1S/C22H22ClN7O/c1-5-6-29-9-14(10-29)19-16(8-24)17(23)7-15(20(19)31-4)13(3)30-22-18(12(2)28-30)21(25)26-11-27-22/h7,11,13-14H,9-10H2,1-4H3,(H2,25,26,27). The summed E-state index contributed by atoms with van der Waals surface area (Å²) in [6, 6.07) is 6.82. The van der Waals surface area contributed by atoms with E-state index in [0.717, 1.165) is 22.2 Å². The fourth-order valence-corrected chi connectivity index (χ4v) is 4.46. The lowest BCUT2D eigenvalue weighted by atomic mass is 9.85. The lowest BCUT2D eigenvalue weighted by Gasteiger charge is -2.38. The predicted molar refractivity (Wildman–Crippen MR) is 119 cm³/mol. The first kappa shape index (κ1) is 20.8. The number of hydrogen-bond donors (Lipinski definition) is 1. The summed E-state index contributed by atoms with van der Waals surface area (Å²) in [4.78, 5) is 10.5. The molecular formula is C22H22ClN7O. The highest BCUT2D eigenvalue weighted by Crippen LogP contribution is 2.44. The van der Waals surface area contributed by atoms with Crippen LogP contribution in [0.2, 0.25) is 5.02 Å². The molecule has 1 fully saturated rings. The number of rotatable bonds is 4. The normalized spacial score (nSPS) is 14.5. The monoisotopic (exact) mass is 435 g/mol. The van der Waals surface area contributed by atoms with Gasteiger partial charge in [-0.25, -0.2) is 14.6 Å². The Bertz CT molecular complexity index is 1280. The molecule has 1 saturated heterocycles. The van der Waals surface area contributed by atoms with Gasteiger partial charge in [-0.15, -0.1) is 0 Å². The zero-order valence-corrected chi connectivity index (χ0v) is 18.5. The fourth-order valence-electron chi connectivity index (χ4n) is 4.19. The van der Waals surface area contributed by atoms with Crippen LogP contribution < -0.4 is 10.5 Å². The molecule has 1 unspecified atom stereocenters. The van der Waals surface area contributed by atoms with E-state index >= 15 is 0 Å². The average Bonchev–Trinajstić information content (AvgIpc) is 3.07. The molecule has 2 N–H and O–H groups in total. The molecule has 3 aromatic rings. The lowest BCUT2D eigenvalue weighted by molar-refractivity contribution is 0.231. The summed E-state index contributed by atoms with van der Waals surface area (Å²) in [6.07, 6.45) is 1.42. The molecule has 4 rings (SSSR count). The number of nitrogen functional groups attached to an aromatic ring is 1. The number of halogens is 1. The van der Waals surface area contributed by atoms with Crippen LogP contribution in [0.5, 0.6) is 5.75 Å². The SMILES string of the molecule is CC#CN1CC(c2c(C#N)c(Cl)cc(C(C)n3nc(C)c4c(N)ncnc43)c2OC)C1. The van der Waals surface area contributed by atoms with Gasteiger partial charge in [0.2, 0.25) is 0 Å². The Morgan fingerprint density at radius 2 is 2.10 bits per heavy atom. The Morgan fingerprint density at radius 3 is 2.74 bits per heavy atom. The summed E-state index contributed by atoms with van der Waals surface area (Å²) >= 11 is 6.57. The summed E-state index contributed by atoms with van der Waals surface area (Å²) in [5.41, 5.74) is 9.51. The highest BCUT2D eigenvalue weighted by atomic mass is 35.5. The van der Waals surface area contributed by atoms with E-state index in [1.165, 1.54) is 6.33 Å². The van der Waals surface area contributed by atoms with E-state index < -0.39 is 0 Å². The number of methoxy groups -OCH3 is 1. The molecule has 1 aromatic carbocycles. The van der Waals surface area contributed by atoms with Crippen molar-refractivity contribution in [3.63, 3.8) is 0 Å². The number of aryl methyl sites for hydroxylation is 1. The van der Waals surface area contributed by atoms with Gasteiger partial charge >= 0.3 is 0 Å². The lowest BCUT2D eigenvalue weighted by Crippen LogP contribution is -2.42. The molecule has 0 saturated carbocycles. The third-order valence-corrected chi connectivity index (χ3v) is 5.98. The average molecular weight is 436 g/mol. The third kappa shape index (κ3) is 3.30. The number of likely N-dealkylation sites (tertiary alicyclic amines) is 1. The zero-order valence-electron chi connectivity index (χ0n) is 17.8. The van der Waals surface area contributed by atoms with Gasteiger partial charge in [0.1, 0.15) is 24.0 Å². The number of aromatic nitrogens is 4. The van der Waals surface area contributed by atoms with Crippen molar-refractivity contribution in [1.29, 1.82) is 5.26 Å². The number of nitrogens with zero attached hydrogens (tertiary/aromatic N) is 6. The van der Waals surface area contributed by atoms with Crippen LogP contribution in [-0.4, -0.2) is 44.8 Å². The maximum atomic E-state index is 9.80. The van der Waals surface area contributed by atoms with Crippen LogP contribution in [0.4, 0.5) is 5.82 Å². The first-order valence-electron chi connectivity index (χ1n) is 9.84. The molecule has 0 spiro atoms. The summed E-state index contributed by atoms with van der Waals surface area (Å²) < 4.78 is 7.64. The van der Waals surface area contributed by atoms with Crippen LogP contribution in [-0.2, 0) is 0 Å². The summed E-state index contributed by atoms with van der Waals surface area (Å²) in [7, 11) is 1.61. The quantitative estimate of drug-likeness (QED) is 0.627. The van der Waals surface area contributed by atoms with Gasteiger partial charge in [-0.3, -0.25) is 0 Å². The topological polar surface area (TPSA) is 106 Å². The summed E-state index contributed by atoms with van der Waals surface area (Å²) in [5.74, 6) is 4.04. The molecule has 0 amide bonds. The van der Waals surface area contributed by atoms with E-state index in [1.54, 1.807) is 24.8 Å². The molecule has 158 valence electrons. The number of fused-ring (bicyclic) bond motifs is 1. The van der Waals surface area contributed by atoms with Gasteiger partial charge in [0.25, 0.3) is 0 Å².